The number of pyridine rings is 1. The molecular formula is C16H20N2O2. The van der Waals surface area contributed by atoms with E-state index in [1.165, 1.54) is 0 Å². The van der Waals surface area contributed by atoms with Crippen molar-refractivity contribution in [2.75, 3.05) is 19.7 Å². The minimum Gasteiger partial charge on any atom is -0.393 e. The van der Waals surface area contributed by atoms with Crippen LogP contribution in [0.15, 0.2) is 36.4 Å². The number of para-hydroxylation sites is 1. The van der Waals surface area contributed by atoms with Gasteiger partial charge in [-0.3, -0.25) is 9.88 Å². The number of likely N-dealkylation sites (tertiary alicyclic amines) is 1. The van der Waals surface area contributed by atoms with Gasteiger partial charge in [-0.05, 0) is 31.5 Å². The highest BCUT2D eigenvalue weighted by Gasteiger charge is 2.32. The van der Waals surface area contributed by atoms with Crippen LogP contribution in [0.25, 0.3) is 10.9 Å². The van der Waals surface area contributed by atoms with E-state index in [2.05, 4.69) is 22.0 Å². The van der Waals surface area contributed by atoms with Gasteiger partial charge in [0.05, 0.1) is 17.8 Å². The van der Waals surface area contributed by atoms with Crippen molar-refractivity contribution in [2.24, 2.45) is 0 Å². The van der Waals surface area contributed by atoms with E-state index in [0.29, 0.717) is 19.5 Å². The van der Waals surface area contributed by atoms with Gasteiger partial charge in [0.2, 0.25) is 0 Å². The molecule has 2 heterocycles. The minimum atomic E-state index is -0.949. The second kappa shape index (κ2) is 5.48. The number of fused-ring (bicyclic) bond motifs is 1. The summed E-state index contributed by atoms with van der Waals surface area (Å²) in [5, 5.41) is 20.6. The van der Waals surface area contributed by atoms with E-state index >= 15 is 0 Å². The molecule has 4 heteroatoms. The third kappa shape index (κ3) is 2.82. The quantitative estimate of drug-likeness (QED) is 0.890. The molecule has 106 valence electrons. The molecule has 4 nitrogen and oxygen atoms in total. The van der Waals surface area contributed by atoms with E-state index in [1.54, 1.807) is 0 Å². The molecule has 2 N–H and O–H groups in total. The Morgan fingerprint density at radius 1 is 1.20 bits per heavy atom. The summed E-state index contributed by atoms with van der Waals surface area (Å²) in [5.74, 6) is 0. The van der Waals surface area contributed by atoms with Crippen LogP contribution in [0.5, 0.6) is 0 Å². The summed E-state index contributed by atoms with van der Waals surface area (Å²) in [6, 6.07) is 12.2. The predicted octanol–water partition coefficient (Wildman–Crippen LogP) is 1.55. The zero-order valence-electron chi connectivity index (χ0n) is 11.5. The lowest BCUT2D eigenvalue weighted by Gasteiger charge is -2.37. The third-order valence-electron chi connectivity index (χ3n) is 3.97. The number of hydrogen-bond donors (Lipinski definition) is 2. The highest BCUT2D eigenvalue weighted by molar-refractivity contribution is 5.78. The van der Waals surface area contributed by atoms with Crippen LogP contribution in [0.2, 0.25) is 0 Å². The van der Waals surface area contributed by atoms with Crippen molar-refractivity contribution in [2.45, 2.75) is 25.0 Å². The maximum Gasteiger partial charge on any atom is 0.100 e. The monoisotopic (exact) mass is 272 g/mol. The molecule has 0 saturated carbocycles. The average Bonchev–Trinajstić information content (AvgIpc) is 2.47. The number of rotatable bonds is 3. The molecule has 0 aliphatic carbocycles. The van der Waals surface area contributed by atoms with Crippen molar-refractivity contribution < 1.29 is 10.2 Å². The molecule has 1 atom stereocenters. The van der Waals surface area contributed by atoms with Crippen molar-refractivity contribution in [3.63, 3.8) is 0 Å². The Morgan fingerprint density at radius 2 is 2.05 bits per heavy atom. The Balaban J connectivity index is 1.75. The summed E-state index contributed by atoms with van der Waals surface area (Å²) in [6.45, 7) is 2.00. The van der Waals surface area contributed by atoms with Gasteiger partial charge in [-0.1, -0.05) is 24.3 Å². The normalized spacial score (nSPS) is 24.1. The van der Waals surface area contributed by atoms with E-state index in [9.17, 15) is 10.2 Å². The molecule has 0 bridgehead atoms. The summed E-state index contributed by atoms with van der Waals surface area (Å²) in [5.41, 5.74) is 1.06. The van der Waals surface area contributed by atoms with Crippen LogP contribution in [0.4, 0.5) is 0 Å². The Kier molecular flexibility index (Phi) is 3.70. The van der Waals surface area contributed by atoms with Crippen molar-refractivity contribution in [1.29, 1.82) is 0 Å². The average molecular weight is 272 g/mol. The van der Waals surface area contributed by atoms with Gasteiger partial charge in [-0.2, -0.15) is 0 Å². The summed E-state index contributed by atoms with van der Waals surface area (Å²) >= 11 is 0. The van der Waals surface area contributed by atoms with Gasteiger partial charge in [0.15, 0.2) is 0 Å². The highest BCUT2D eigenvalue weighted by atomic mass is 16.3. The summed E-state index contributed by atoms with van der Waals surface area (Å²) < 4.78 is 0. The Labute approximate surface area is 118 Å². The molecule has 1 aliphatic rings. The molecule has 20 heavy (non-hydrogen) atoms. The van der Waals surface area contributed by atoms with Crippen molar-refractivity contribution in [3.8, 4) is 0 Å². The van der Waals surface area contributed by atoms with Crippen LogP contribution >= 0.6 is 0 Å². The van der Waals surface area contributed by atoms with E-state index < -0.39 is 5.60 Å². The number of nitrogens with zero attached hydrogens (tertiary/aromatic N) is 2. The predicted molar refractivity (Wildman–Crippen MR) is 78.3 cm³/mol. The van der Waals surface area contributed by atoms with Crippen LogP contribution in [-0.4, -0.2) is 45.4 Å². The number of β-amino-alcohol motifs (C(OH)–C–C–N with tert-alkyl or cyclic N) is 1. The molecule has 3 rings (SSSR count). The third-order valence-corrected chi connectivity index (χ3v) is 3.97. The lowest BCUT2D eigenvalue weighted by molar-refractivity contribution is -0.0689. The summed E-state index contributed by atoms with van der Waals surface area (Å²) in [4.78, 5) is 6.82. The fourth-order valence-electron chi connectivity index (χ4n) is 2.90. The van der Waals surface area contributed by atoms with E-state index in [-0.39, 0.29) is 6.61 Å². The lowest BCUT2D eigenvalue weighted by atomic mass is 9.94. The van der Waals surface area contributed by atoms with E-state index in [1.807, 2.05) is 24.3 Å². The lowest BCUT2D eigenvalue weighted by Crippen LogP contribution is -2.50. The molecule has 1 fully saturated rings. The standard InChI is InChI=1S/C16H20N2O2/c19-12-16(20)8-3-9-18(11-16)10-14-7-6-13-4-1-2-5-15(13)17-14/h1-2,4-7,19-20H,3,8-12H2. The zero-order valence-corrected chi connectivity index (χ0v) is 11.5. The maximum atomic E-state index is 10.2. The molecule has 1 saturated heterocycles. The van der Waals surface area contributed by atoms with Crippen molar-refractivity contribution in [1.82, 2.24) is 9.88 Å². The first-order valence-corrected chi connectivity index (χ1v) is 7.09. The maximum absolute atomic E-state index is 10.2. The Bertz CT molecular complexity index is 602. The molecule has 1 unspecified atom stereocenters. The van der Waals surface area contributed by atoms with Gasteiger partial charge in [-0.25, -0.2) is 0 Å². The fourth-order valence-corrected chi connectivity index (χ4v) is 2.90. The number of piperidine rings is 1. The highest BCUT2D eigenvalue weighted by Crippen LogP contribution is 2.22. The topological polar surface area (TPSA) is 56.6 Å². The number of aliphatic hydroxyl groups is 2. The molecule has 0 spiro atoms. The molecule has 1 aromatic heterocycles. The number of aromatic nitrogens is 1. The van der Waals surface area contributed by atoms with Gasteiger partial charge in [0.1, 0.15) is 5.60 Å². The SMILES string of the molecule is OCC1(O)CCCN(Cc2ccc3ccccc3n2)C1. The smallest absolute Gasteiger partial charge is 0.100 e. The van der Waals surface area contributed by atoms with Crippen molar-refractivity contribution >= 4 is 10.9 Å². The van der Waals surface area contributed by atoms with Crippen LogP contribution in [0.3, 0.4) is 0 Å². The van der Waals surface area contributed by atoms with Crippen LogP contribution < -0.4 is 0 Å². The van der Waals surface area contributed by atoms with Gasteiger partial charge < -0.3 is 10.2 Å². The van der Waals surface area contributed by atoms with Crippen LogP contribution in [0.1, 0.15) is 18.5 Å². The molecule has 1 aromatic carbocycles. The second-order valence-electron chi connectivity index (χ2n) is 5.69. The first kappa shape index (κ1) is 13.5. The molecular weight excluding hydrogens is 252 g/mol. The minimum absolute atomic E-state index is 0.172. The summed E-state index contributed by atoms with van der Waals surface area (Å²) in [7, 11) is 0. The second-order valence-corrected chi connectivity index (χ2v) is 5.69. The zero-order chi connectivity index (χ0) is 14.0. The largest absolute Gasteiger partial charge is 0.393 e. The first-order chi connectivity index (χ1) is 9.68. The van der Waals surface area contributed by atoms with Gasteiger partial charge in [0, 0.05) is 18.5 Å². The Hall–Kier alpha value is -1.49. The van der Waals surface area contributed by atoms with Gasteiger partial charge >= 0.3 is 0 Å². The van der Waals surface area contributed by atoms with Gasteiger partial charge in [-0.15, -0.1) is 0 Å². The van der Waals surface area contributed by atoms with Crippen LogP contribution in [-0.2, 0) is 6.54 Å². The molecule has 2 aromatic rings. The molecule has 0 amide bonds. The number of benzene rings is 1. The van der Waals surface area contributed by atoms with Gasteiger partial charge in [0.25, 0.3) is 0 Å². The molecule has 1 aliphatic heterocycles. The van der Waals surface area contributed by atoms with E-state index in [4.69, 9.17) is 0 Å². The Morgan fingerprint density at radius 3 is 2.90 bits per heavy atom. The summed E-state index contributed by atoms with van der Waals surface area (Å²) in [6.07, 6.45) is 1.58. The number of hydrogen-bond acceptors (Lipinski definition) is 4. The number of aliphatic hydroxyl groups excluding tert-OH is 1. The fraction of sp³-hybridized carbons (Fsp3) is 0.438. The van der Waals surface area contributed by atoms with Crippen molar-refractivity contribution in [3.05, 3.63) is 42.1 Å². The van der Waals surface area contributed by atoms with Crippen LogP contribution in [0, 0.1) is 0 Å². The molecule has 0 radical (unpaired) electrons. The first-order valence-electron chi connectivity index (χ1n) is 7.09. The van der Waals surface area contributed by atoms with E-state index in [0.717, 1.165) is 29.6 Å².